The number of rotatable bonds is 2. The zero-order valence-electron chi connectivity index (χ0n) is 24.7. The summed E-state index contributed by atoms with van der Waals surface area (Å²) in [6, 6.07) is 43.2. The molecule has 1 radical (unpaired) electrons. The normalized spacial score (nSPS) is 13.5. The van der Waals surface area contributed by atoms with Gasteiger partial charge >= 0.3 is 0 Å². The average molecular weight is 742 g/mol. The van der Waals surface area contributed by atoms with Gasteiger partial charge in [0.2, 0.25) is 6.71 Å². The van der Waals surface area contributed by atoms with Gasteiger partial charge in [-0.15, -0.1) is 76.9 Å². The molecule has 199 valence electrons. The van der Waals surface area contributed by atoms with Crippen LogP contribution in [0.5, 0.6) is 0 Å². The molecule has 2 nitrogen and oxygen atoms in total. The number of benzene rings is 4. The summed E-state index contributed by atoms with van der Waals surface area (Å²) in [7, 11) is 0. The maximum Gasteiger partial charge on any atom is 0.228 e. The van der Waals surface area contributed by atoms with E-state index in [1.807, 2.05) is 60.1 Å². The standard InChI is InChI=1S/C23H13BNS2.C12H10N.Ir/c1-2-8-19-16(6-1)24-17-14-15(18-7-3-4-13-25-18)11-12-20(17)27-22-10-5-9-21(26-19)23(22)24;1-10-7-8-12(13-9-10)11-5-3-2-4-6-11;/h1-10,12-14H;2-5,7-9H,1H3;/q2*-1;/i;1D3;. The third-order valence-corrected chi connectivity index (χ3v) is 9.25. The van der Waals surface area contributed by atoms with Crippen molar-refractivity contribution in [3.05, 3.63) is 139 Å². The van der Waals surface area contributed by atoms with Gasteiger partial charge in [0.15, 0.2) is 0 Å². The van der Waals surface area contributed by atoms with E-state index in [0.29, 0.717) is 0 Å². The van der Waals surface area contributed by atoms with Gasteiger partial charge in [-0.05, 0) is 58.4 Å². The molecule has 0 atom stereocenters. The molecule has 0 spiro atoms. The Morgan fingerprint density at radius 1 is 0.683 bits per heavy atom. The van der Waals surface area contributed by atoms with Crippen LogP contribution < -0.4 is 16.4 Å². The largest absolute Gasteiger partial charge is 0.305 e. The maximum atomic E-state index is 7.23. The Morgan fingerprint density at radius 2 is 1.46 bits per heavy atom. The second-order valence-electron chi connectivity index (χ2n) is 9.43. The van der Waals surface area contributed by atoms with E-state index in [9.17, 15) is 0 Å². The smallest absolute Gasteiger partial charge is 0.228 e. The third-order valence-electron chi connectivity index (χ3n) is 6.93. The molecule has 0 saturated heterocycles. The molecule has 4 aromatic carbocycles. The molecule has 6 aromatic rings. The van der Waals surface area contributed by atoms with Gasteiger partial charge in [0.25, 0.3) is 0 Å². The van der Waals surface area contributed by atoms with Crippen LogP contribution in [0.4, 0.5) is 0 Å². The van der Waals surface area contributed by atoms with Crippen molar-refractivity contribution >= 4 is 46.6 Å². The Bertz CT molecular complexity index is 1910. The van der Waals surface area contributed by atoms with Crippen LogP contribution in [0.15, 0.2) is 141 Å². The zero-order chi connectivity index (χ0) is 29.4. The number of hydrogen-bond acceptors (Lipinski definition) is 4. The molecule has 2 aromatic heterocycles. The van der Waals surface area contributed by atoms with Crippen molar-refractivity contribution in [2.24, 2.45) is 0 Å². The SMILES string of the molecule is [2H]C([2H])([2H])c1ccc(-c2[c-]cccc2)nc1.[Ir].[c-]1cc2c(cc1-c1ccccn1)B1c3ccccc3Sc3cccc(c31)S2. The molecular weight excluding hydrogens is 716 g/mol. The summed E-state index contributed by atoms with van der Waals surface area (Å²) in [5.41, 5.74) is 8.11. The minimum absolute atomic E-state index is 0. The quantitative estimate of drug-likeness (QED) is 0.143. The van der Waals surface area contributed by atoms with Gasteiger partial charge in [0, 0.05) is 46.4 Å². The molecule has 2 aliphatic rings. The second-order valence-corrected chi connectivity index (χ2v) is 11.6. The van der Waals surface area contributed by atoms with E-state index in [0.717, 1.165) is 22.5 Å². The molecule has 0 unspecified atom stereocenters. The number of hydrogen-bond donors (Lipinski definition) is 0. The fourth-order valence-corrected chi connectivity index (χ4v) is 7.47. The summed E-state index contributed by atoms with van der Waals surface area (Å²) >= 11 is 3.75. The topological polar surface area (TPSA) is 25.8 Å². The van der Waals surface area contributed by atoms with Gasteiger partial charge in [-0.25, -0.2) is 0 Å². The molecule has 2 aliphatic heterocycles. The van der Waals surface area contributed by atoms with Crippen LogP contribution >= 0.6 is 23.5 Å². The Balaban J connectivity index is 0.000000174. The van der Waals surface area contributed by atoms with Crippen molar-refractivity contribution in [1.82, 2.24) is 9.97 Å². The van der Waals surface area contributed by atoms with E-state index in [-0.39, 0.29) is 32.4 Å². The van der Waals surface area contributed by atoms with Crippen molar-refractivity contribution in [2.45, 2.75) is 26.4 Å². The van der Waals surface area contributed by atoms with Crippen molar-refractivity contribution in [2.75, 3.05) is 0 Å². The molecule has 0 fully saturated rings. The summed E-state index contributed by atoms with van der Waals surface area (Å²) in [6.07, 6.45) is 3.24. The van der Waals surface area contributed by atoms with Crippen molar-refractivity contribution in [1.29, 1.82) is 0 Å². The van der Waals surface area contributed by atoms with Crippen LogP contribution in [0.25, 0.3) is 22.5 Å². The van der Waals surface area contributed by atoms with E-state index in [4.69, 9.17) is 4.11 Å². The molecule has 0 aliphatic carbocycles. The van der Waals surface area contributed by atoms with Crippen LogP contribution in [0.2, 0.25) is 0 Å². The first-order valence-electron chi connectivity index (χ1n) is 14.4. The Morgan fingerprint density at radius 3 is 2.22 bits per heavy atom. The monoisotopic (exact) mass is 742 g/mol. The van der Waals surface area contributed by atoms with Crippen molar-refractivity contribution in [3.63, 3.8) is 0 Å². The van der Waals surface area contributed by atoms with Gasteiger partial charge in [-0.3, -0.25) is 0 Å². The van der Waals surface area contributed by atoms with Crippen LogP contribution in [-0.4, -0.2) is 16.7 Å². The minimum atomic E-state index is -2.09. The summed E-state index contributed by atoms with van der Waals surface area (Å²) in [5.74, 6) is 0. The predicted octanol–water partition coefficient (Wildman–Crippen LogP) is 6.85. The molecule has 0 N–H and O–H groups in total. The van der Waals surface area contributed by atoms with Gasteiger partial charge < -0.3 is 9.97 Å². The Hall–Kier alpha value is -3.41. The minimum Gasteiger partial charge on any atom is -0.305 e. The first kappa shape index (κ1) is 24.2. The fraction of sp³-hybridized carbons (Fsp3) is 0.0286. The number of aromatic nitrogens is 2. The van der Waals surface area contributed by atoms with Crippen molar-refractivity contribution < 1.29 is 24.2 Å². The molecule has 0 bridgehead atoms. The van der Waals surface area contributed by atoms with Crippen LogP contribution in [0, 0.1) is 19.0 Å². The van der Waals surface area contributed by atoms with Crippen LogP contribution in [0.3, 0.4) is 0 Å². The molecule has 8 rings (SSSR count). The molecule has 4 heterocycles. The number of aryl methyl sites for hydroxylation is 1. The van der Waals surface area contributed by atoms with E-state index in [2.05, 4.69) is 82.8 Å². The van der Waals surface area contributed by atoms with Crippen LogP contribution in [0.1, 0.15) is 9.68 Å². The third kappa shape index (κ3) is 5.58. The molecule has 41 heavy (non-hydrogen) atoms. The number of pyridine rings is 2. The first-order valence-corrected chi connectivity index (χ1v) is 14.6. The number of fused-ring (bicyclic) bond motifs is 4. The summed E-state index contributed by atoms with van der Waals surface area (Å²) in [5, 5.41) is 0. The van der Waals surface area contributed by atoms with Gasteiger partial charge in [0.1, 0.15) is 0 Å². The van der Waals surface area contributed by atoms with Gasteiger partial charge in [0.05, 0.1) is 0 Å². The van der Waals surface area contributed by atoms with E-state index in [1.54, 1.807) is 18.2 Å². The Kier molecular flexibility index (Phi) is 7.22. The summed E-state index contributed by atoms with van der Waals surface area (Å²) in [4.78, 5) is 14.0. The van der Waals surface area contributed by atoms with Gasteiger partial charge in [-0.2, -0.15) is 0 Å². The molecule has 0 saturated carbocycles. The fourth-order valence-electron chi connectivity index (χ4n) is 5.10. The average Bonchev–Trinajstić information content (AvgIpc) is 3.05. The zero-order valence-corrected chi connectivity index (χ0v) is 25.7. The number of nitrogens with zero attached hydrogens (tertiary/aromatic N) is 2. The molecule has 0 amide bonds. The van der Waals surface area contributed by atoms with E-state index < -0.39 is 6.85 Å². The Labute approximate surface area is 267 Å². The van der Waals surface area contributed by atoms with E-state index in [1.165, 1.54) is 42.2 Å². The molecular formula is C35H23BIrN2S2-2. The second kappa shape index (κ2) is 12.2. The summed E-state index contributed by atoms with van der Waals surface area (Å²) < 4.78 is 21.7. The van der Waals surface area contributed by atoms with E-state index >= 15 is 0 Å². The van der Waals surface area contributed by atoms with Crippen LogP contribution in [-0.2, 0) is 20.1 Å². The molecule has 6 heteroatoms. The first-order chi connectivity index (χ1) is 21.0. The van der Waals surface area contributed by atoms with Crippen molar-refractivity contribution in [3.8, 4) is 22.5 Å². The summed E-state index contributed by atoms with van der Waals surface area (Å²) in [6.45, 7) is -1.81. The predicted molar refractivity (Wildman–Crippen MR) is 168 cm³/mol. The maximum absolute atomic E-state index is 7.23. The van der Waals surface area contributed by atoms with Gasteiger partial charge in [-0.1, -0.05) is 70.7 Å².